The van der Waals surface area contributed by atoms with Gasteiger partial charge in [-0.2, -0.15) is 0 Å². The van der Waals surface area contributed by atoms with Gasteiger partial charge < -0.3 is 4.90 Å². The number of carbonyl (C=O) groups is 1. The predicted octanol–water partition coefficient (Wildman–Crippen LogP) is 3.12. The van der Waals surface area contributed by atoms with Crippen LogP contribution in [0.15, 0.2) is 18.2 Å². The average molecular weight is 294 g/mol. The van der Waals surface area contributed by atoms with E-state index < -0.39 is 17.2 Å². The molecule has 0 aromatic heterocycles. The number of halogens is 2. The van der Waals surface area contributed by atoms with E-state index in [9.17, 15) is 13.6 Å². The first kappa shape index (κ1) is 14.4. The molecule has 1 amide bonds. The van der Waals surface area contributed by atoms with Gasteiger partial charge in [0.15, 0.2) is 11.6 Å². The number of carbonyl (C=O) groups excluding carboxylic acids is 1. The topological polar surface area (TPSA) is 32.3 Å². The Morgan fingerprint density at radius 3 is 2.48 bits per heavy atom. The first-order valence-electron chi connectivity index (χ1n) is 7.58. The summed E-state index contributed by atoms with van der Waals surface area (Å²) >= 11 is 0. The fraction of sp³-hybridized carbons (Fsp3) is 0.562. The van der Waals surface area contributed by atoms with E-state index >= 15 is 0 Å². The molecule has 1 heterocycles. The van der Waals surface area contributed by atoms with Crippen LogP contribution in [0.2, 0.25) is 0 Å². The van der Waals surface area contributed by atoms with E-state index in [1.54, 1.807) is 6.07 Å². The Bertz CT molecular complexity index is 567. The molecule has 1 aromatic rings. The Labute approximate surface area is 123 Å². The summed E-state index contributed by atoms with van der Waals surface area (Å²) in [6, 6.07) is 3.99. The zero-order valence-electron chi connectivity index (χ0n) is 12.3. The van der Waals surface area contributed by atoms with Crippen LogP contribution >= 0.6 is 0 Å². The lowest BCUT2D eigenvalue weighted by Gasteiger charge is -2.31. The smallest absolute Gasteiger partial charge is 0.244 e. The van der Waals surface area contributed by atoms with Gasteiger partial charge in [0, 0.05) is 6.04 Å². The van der Waals surface area contributed by atoms with Crippen LogP contribution in [0.1, 0.15) is 51.3 Å². The van der Waals surface area contributed by atoms with E-state index in [2.05, 4.69) is 5.32 Å². The fourth-order valence-corrected chi connectivity index (χ4v) is 3.23. The molecule has 1 atom stereocenters. The lowest BCUT2D eigenvalue weighted by Crippen LogP contribution is -2.40. The first-order chi connectivity index (χ1) is 10.0. The van der Waals surface area contributed by atoms with Crippen molar-refractivity contribution in [1.82, 2.24) is 10.2 Å². The van der Waals surface area contributed by atoms with Crippen molar-refractivity contribution in [3.63, 3.8) is 0 Å². The van der Waals surface area contributed by atoms with Crippen molar-refractivity contribution < 1.29 is 13.6 Å². The highest BCUT2D eigenvalue weighted by Gasteiger charge is 2.60. The van der Waals surface area contributed by atoms with Crippen LogP contribution in [0, 0.1) is 11.6 Å². The van der Waals surface area contributed by atoms with Gasteiger partial charge in [0.25, 0.3) is 0 Å². The van der Waals surface area contributed by atoms with Crippen molar-refractivity contribution >= 4 is 5.91 Å². The second-order valence-corrected chi connectivity index (χ2v) is 5.99. The number of benzene rings is 1. The van der Waals surface area contributed by atoms with E-state index in [1.807, 2.05) is 18.7 Å². The molecule has 3 rings (SSSR count). The van der Waals surface area contributed by atoms with Crippen molar-refractivity contribution in [2.75, 3.05) is 0 Å². The Balaban J connectivity index is 1.98. The minimum atomic E-state index is -0.872. The molecule has 1 aromatic carbocycles. The minimum absolute atomic E-state index is 0.103. The van der Waals surface area contributed by atoms with Gasteiger partial charge >= 0.3 is 0 Å². The van der Waals surface area contributed by atoms with Crippen LogP contribution in [-0.4, -0.2) is 22.4 Å². The normalized spacial score (nSPS) is 23.4. The quantitative estimate of drug-likeness (QED) is 0.925. The molecule has 1 N–H and O–H groups in total. The Morgan fingerprint density at radius 2 is 1.95 bits per heavy atom. The summed E-state index contributed by atoms with van der Waals surface area (Å²) in [5.74, 6) is -1.63. The molecule has 1 saturated carbocycles. The molecule has 1 saturated heterocycles. The molecule has 114 valence electrons. The molecule has 0 bridgehead atoms. The second kappa shape index (κ2) is 5.05. The lowest BCUT2D eigenvalue weighted by molar-refractivity contribution is -0.133. The van der Waals surface area contributed by atoms with Crippen molar-refractivity contribution in [1.29, 1.82) is 0 Å². The maximum atomic E-state index is 13.5. The average Bonchev–Trinajstić information content (AvgIpc) is 3.20. The second-order valence-electron chi connectivity index (χ2n) is 5.99. The van der Waals surface area contributed by atoms with Gasteiger partial charge in [-0.25, -0.2) is 8.78 Å². The molecule has 1 aliphatic carbocycles. The molecular formula is C16H20F2N2O. The number of nitrogens with one attached hydrogen (secondary N) is 1. The third-order valence-corrected chi connectivity index (χ3v) is 4.68. The summed E-state index contributed by atoms with van der Waals surface area (Å²) < 4.78 is 26.7. The largest absolute Gasteiger partial charge is 0.318 e. The fourth-order valence-electron chi connectivity index (χ4n) is 3.23. The molecule has 5 heteroatoms. The van der Waals surface area contributed by atoms with Gasteiger partial charge in [-0.05, 0) is 43.4 Å². The van der Waals surface area contributed by atoms with Crippen molar-refractivity contribution in [3.8, 4) is 0 Å². The van der Waals surface area contributed by atoms with Crippen LogP contribution in [0.25, 0.3) is 0 Å². The van der Waals surface area contributed by atoms with Crippen molar-refractivity contribution in [2.45, 2.75) is 57.3 Å². The lowest BCUT2D eigenvalue weighted by atomic mass is 10.1. The molecule has 21 heavy (non-hydrogen) atoms. The molecule has 2 fully saturated rings. The van der Waals surface area contributed by atoms with Crippen LogP contribution in [0.4, 0.5) is 8.78 Å². The van der Waals surface area contributed by atoms with Crippen LogP contribution in [-0.2, 0) is 4.79 Å². The summed E-state index contributed by atoms with van der Waals surface area (Å²) in [4.78, 5) is 14.5. The molecule has 2 aliphatic rings. The summed E-state index contributed by atoms with van der Waals surface area (Å²) in [6.07, 6.45) is 2.98. The Kier molecular flexibility index (Phi) is 3.48. The van der Waals surface area contributed by atoms with Gasteiger partial charge in [0.1, 0.15) is 11.7 Å². The van der Waals surface area contributed by atoms with Gasteiger partial charge in [-0.15, -0.1) is 0 Å². The zero-order valence-corrected chi connectivity index (χ0v) is 12.3. The molecule has 0 radical (unpaired) electrons. The first-order valence-corrected chi connectivity index (χ1v) is 7.58. The van der Waals surface area contributed by atoms with Gasteiger partial charge in [-0.1, -0.05) is 19.9 Å². The van der Waals surface area contributed by atoms with Gasteiger partial charge in [0.05, 0.1) is 0 Å². The SMILES string of the molecule is CCC(CC)N1C(=O)C2(CC2)NC1c1ccc(F)c(F)c1. The molecule has 1 aliphatic heterocycles. The summed E-state index contributed by atoms with van der Waals surface area (Å²) in [5.41, 5.74) is 0.149. The van der Waals surface area contributed by atoms with Crippen LogP contribution < -0.4 is 5.32 Å². The van der Waals surface area contributed by atoms with E-state index in [-0.39, 0.29) is 18.1 Å². The van der Waals surface area contributed by atoms with Gasteiger partial charge in [0.2, 0.25) is 5.91 Å². The Hall–Kier alpha value is -1.49. The summed E-state index contributed by atoms with van der Waals surface area (Å²) in [6.45, 7) is 4.09. The number of amides is 1. The third kappa shape index (κ3) is 2.24. The van der Waals surface area contributed by atoms with E-state index in [0.29, 0.717) is 5.56 Å². The van der Waals surface area contributed by atoms with Crippen LogP contribution in [0.5, 0.6) is 0 Å². The van der Waals surface area contributed by atoms with Crippen molar-refractivity contribution in [3.05, 3.63) is 35.4 Å². The highest BCUT2D eigenvalue weighted by atomic mass is 19.2. The minimum Gasteiger partial charge on any atom is -0.318 e. The van der Waals surface area contributed by atoms with E-state index in [1.165, 1.54) is 6.07 Å². The molecule has 3 nitrogen and oxygen atoms in total. The highest BCUT2D eigenvalue weighted by molar-refractivity contribution is 5.92. The maximum absolute atomic E-state index is 13.5. The zero-order chi connectivity index (χ0) is 15.2. The summed E-state index contributed by atoms with van der Waals surface area (Å²) in [5, 5.41) is 3.34. The standard InChI is InChI=1S/C16H20F2N2O/c1-3-11(4-2)20-14(19-16(7-8-16)15(20)21)10-5-6-12(17)13(18)9-10/h5-6,9,11,14,19H,3-4,7-8H2,1-2H3. The molecule has 1 unspecified atom stereocenters. The maximum Gasteiger partial charge on any atom is 0.244 e. The highest BCUT2D eigenvalue weighted by Crippen LogP contribution is 2.47. The number of hydrogen-bond acceptors (Lipinski definition) is 2. The number of hydrogen-bond donors (Lipinski definition) is 1. The van der Waals surface area contributed by atoms with Crippen LogP contribution in [0.3, 0.4) is 0 Å². The predicted molar refractivity (Wildman–Crippen MR) is 75.4 cm³/mol. The van der Waals surface area contributed by atoms with Crippen molar-refractivity contribution in [2.24, 2.45) is 0 Å². The molecular weight excluding hydrogens is 274 g/mol. The van der Waals surface area contributed by atoms with E-state index in [4.69, 9.17) is 0 Å². The Morgan fingerprint density at radius 1 is 1.29 bits per heavy atom. The monoisotopic (exact) mass is 294 g/mol. The molecule has 1 spiro atoms. The third-order valence-electron chi connectivity index (χ3n) is 4.68. The van der Waals surface area contributed by atoms with E-state index in [0.717, 1.165) is 31.7 Å². The number of rotatable bonds is 4. The van der Waals surface area contributed by atoms with Gasteiger partial charge in [-0.3, -0.25) is 10.1 Å². The summed E-state index contributed by atoms with van der Waals surface area (Å²) in [7, 11) is 0. The number of nitrogens with zero attached hydrogens (tertiary/aromatic N) is 1.